The van der Waals surface area contributed by atoms with E-state index in [9.17, 15) is 13.2 Å². The van der Waals surface area contributed by atoms with Gasteiger partial charge in [-0.1, -0.05) is 25.5 Å². The number of aromatic carboxylic acids is 1. The zero-order valence-corrected chi connectivity index (χ0v) is 13.0. The van der Waals surface area contributed by atoms with E-state index < -0.39 is 16.0 Å². The van der Waals surface area contributed by atoms with E-state index in [4.69, 9.17) is 5.11 Å². The zero-order valence-electron chi connectivity index (χ0n) is 12.2. The maximum absolute atomic E-state index is 12.4. The van der Waals surface area contributed by atoms with Gasteiger partial charge in [-0.3, -0.25) is 0 Å². The summed E-state index contributed by atoms with van der Waals surface area (Å²) in [5, 5.41) is 8.95. The van der Waals surface area contributed by atoms with E-state index in [0.29, 0.717) is 24.6 Å². The molecule has 0 aliphatic carbocycles. The van der Waals surface area contributed by atoms with Gasteiger partial charge in [0, 0.05) is 13.1 Å². The van der Waals surface area contributed by atoms with Crippen molar-refractivity contribution in [1.82, 2.24) is 4.31 Å². The summed E-state index contributed by atoms with van der Waals surface area (Å²) in [5.74, 6) is -0.721. The SMILES string of the molecule is CCCC1CCN(S(=O)(=O)Cc2cccc(C(=O)O)c2)C1. The van der Waals surface area contributed by atoms with Crippen molar-refractivity contribution in [3.63, 3.8) is 0 Å². The van der Waals surface area contributed by atoms with Crippen molar-refractivity contribution in [2.24, 2.45) is 5.92 Å². The largest absolute Gasteiger partial charge is 0.478 e. The summed E-state index contributed by atoms with van der Waals surface area (Å²) in [6.45, 7) is 3.27. The first-order valence-electron chi connectivity index (χ1n) is 7.22. The number of rotatable bonds is 6. The zero-order chi connectivity index (χ0) is 15.5. The highest BCUT2D eigenvalue weighted by Gasteiger charge is 2.30. The summed E-state index contributed by atoms with van der Waals surface area (Å²) in [4.78, 5) is 10.9. The van der Waals surface area contributed by atoms with Crippen molar-refractivity contribution in [2.45, 2.75) is 31.9 Å². The molecule has 0 aromatic heterocycles. The smallest absolute Gasteiger partial charge is 0.335 e. The Kier molecular flexibility index (Phi) is 5.00. The third kappa shape index (κ3) is 4.04. The Hall–Kier alpha value is -1.40. The van der Waals surface area contributed by atoms with Crippen LogP contribution in [-0.4, -0.2) is 36.9 Å². The molecule has 1 saturated heterocycles. The van der Waals surface area contributed by atoms with Gasteiger partial charge in [0.1, 0.15) is 0 Å². The van der Waals surface area contributed by atoms with E-state index in [-0.39, 0.29) is 11.3 Å². The molecule has 0 radical (unpaired) electrons. The highest BCUT2D eigenvalue weighted by atomic mass is 32.2. The van der Waals surface area contributed by atoms with Gasteiger partial charge in [-0.2, -0.15) is 0 Å². The van der Waals surface area contributed by atoms with Gasteiger partial charge < -0.3 is 5.11 Å². The molecular weight excluding hydrogens is 290 g/mol. The fourth-order valence-electron chi connectivity index (χ4n) is 2.79. The van der Waals surface area contributed by atoms with E-state index in [0.717, 1.165) is 19.3 Å². The standard InChI is InChI=1S/C15H21NO4S/c1-2-4-12-7-8-16(10-12)21(19,20)11-13-5-3-6-14(9-13)15(17)18/h3,5-6,9,12H,2,4,7-8,10-11H2,1H3,(H,17,18). The fourth-order valence-corrected chi connectivity index (χ4v) is 4.39. The molecule has 0 saturated carbocycles. The molecule has 2 rings (SSSR count). The van der Waals surface area contributed by atoms with E-state index in [1.165, 1.54) is 12.1 Å². The predicted octanol–water partition coefficient (Wildman–Crippen LogP) is 2.34. The molecule has 5 nitrogen and oxygen atoms in total. The number of carboxylic acid groups (broad SMARTS) is 1. The third-order valence-corrected chi connectivity index (χ3v) is 5.68. The number of hydrogen-bond acceptors (Lipinski definition) is 3. The number of carbonyl (C=O) groups is 1. The van der Waals surface area contributed by atoms with Crippen LogP contribution in [0.15, 0.2) is 24.3 Å². The highest BCUT2D eigenvalue weighted by Crippen LogP contribution is 2.25. The van der Waals surface area contributed by atoms with Crippen molar-refractivity contribution in [2.75, 3.05) is 13.1 Å². The quantitative estimate of drug-likeness (QED) is 0.875. The monoisotopic (exact) mass is 311 g/mol. The first-order chi connectivity index (χ1) is 9.92. The number of nitrogens with zero attached hydrogens (tertiary/aromatic N) is 1. The van der Waals surface area contributed by atoms with Crippen LogP contribution < -0.4 is 0 Å². The predicted molar refractivity (Wildman–Crippen MR) is 80.6 cm³/mol. The van der Waals surface area contributed by atoms with Gasteiger partial charge >= 0.3 is 5.97 Å². The normalized spacial score (nSPS) is 19.8. The Morgan fingerprint density at radius 3 is 2.86 bits per heavy atom. The van der Waals surface area contributed by atoms with Crippen LogP contribution in [0.2, 0.25) is 0 Å². The van der Waals surface area contributed by atoms with Crippen LogP contribution in [-0.2, 0) is 15.8 Å². The lowest BCUT2D eigenvalue weighted by Gasteiger charge is -2.16. The van der Waals surface area contributed by atoms with Crippen LogP contribution >= 0.6 is 0 Å². The van der Waals surface area contributed by atoms with Crippen molar-refractivity contribution in [1.29, 1.82) is 0 Å². The minimum Gasteiger partial charge on any atom is -0.478 e. The maximum Gasteiger partial charge on any atom is 0.335 e. The second-order valence-electron chi connectivity index (χ2n) is 5.56. The van der Waals surface area contributed by atoms with E-state index in [1.54, 1.807) is 16.4 Å². The van der Waals surface area contributed by atoms with Crippen LogP contribution in [0, 0.1) is 5.92 Å². The Morgan fingerprint density at radius 2 is 2.19 bits per heavy atom. The van der Waals surface area contributed by atoms with Gasteiger partial charge in [-0.25, -0.2) is 17.5 Å². The lowest BCUT2D eigenvalue weighted by atomic mass is 10.0. The molecule has 0 spiro atoms. The molecule has 1 aliphatic heterocycles. The molecule has 1 fully saturated rings. The molecule has 116 valence electrons. The molecule has 1 aromatic carbocycles. The Morgan fingerprint density at radius 1 is 1.43 bits per heavy atom. The van der Waals surface area contributed by atoms with Crippen LogP contribution in [0.1, 0.15) is 42.1 Å². The summed E-state index contributed by atoms with van der Waals surface area (Å²) >= 11 is 0. The third-order valence-electron chi connectivity index (χ3n) is 3.86. The van der Waals surface area contributed by atoms with Gasteiger partial charge in [0.2, 0.25) is 10.0 Å². The number of benzene rings is 1. The molecule has 1 heterocycles. The fraction of sp³-hybridized carbons (Fsp3) is 0.533. The molecule has 1 aromatic rings. The maximum atomic E-state index is 12.4. The molecule has 1 aliphatic rings. The summed E-state index contributed by atoms with van der Waals surface area (Å²) in [6.07, 6.45) is 3.04. The molecular formula is C15H21NO4S. The number of carboxylic acids is 1. The van der Waals surface area contributed by atoms with Crippen LogP contribution in [0.5, 0.6) is 0 Å². The van der Waals surface area contributed by atoms with Gasteiger partial charge in [-0.05, 0) is 36.5 Å². The van der Waals surface area contributed by atoms with Crippen molar-refractivity contribution >= 4 is 16.0 Å². The highest BCUT2D eigenvalue weighted by molar-refractivity contribution is 7.88. The van der Waals surface area contributed by atoms with Gasteiger partial charge in [-0.15, -0.1) is 0 Å². The summed E-state index contributed by atoms with van der Waals surface area (Å²) in [6, 6.07) is 6.13. The lowest BCUT2D eigenvalue weighted by Crippen LogP contribution is -2.30. The molecule has 1 unspecified atom stereocenters. The summed E-state index contributed by atoms with van der Waals surface area (Å²) < 4.78 is 26.4. The van der Waals surface area contributed by atoms with E-state index in [1.807, 2.05) is 0 Å². The van der Waals surface area contributed by atoms with E-state index >= 15 is 0 Å². The lowest BCUT2D eigenvalue weighted by molar-refractivity contribution is 0.0696. The number of hydrogen-bond donors (Lipinski definition) is 1. The van der Waals surface area contributed by atoms with Crippen LogP contribution in [0.25, 0.3) is 0 Å². The van der Waals surface area contributed by atoms with Crippen molar-refractivity contribution in [3.05, 3.63) is 35.4 Å². The first kappa shape index (κ1) is 16.0. The molecule has 1 N–H and O–H groups in total. The Labute approximate surface area is 125 Å². The minimum absolute atomic E-state index is 0.119. The van der Waals surface area contributed by atoms with Gasteiger partial charge in [0.05, 0.1) is 11.3 Å². The molecule has 0 amide bonds. The second kappa shape index (κ2) is 6.58. The van der Waals surface area contributed by atoms with E-state index in [2.05, 4.69) is 6.92 Å². The Bertz CT molecular complexity index is 612. The van der Waals surface area contributed by atoms with Crippen LogP contribution in [0.3, 0.4) is 0 Å². The topological polar surface area (TPSA) is 74.7 Å². The molecule has 0 bridgehead atoms. The number of sulfonamides is 1. The van der Waals surface area contributed by atoms with Crippen molar-refractivity contribution < 1.29 is 18.3 Å². The molecule has 1 atom stereocenters. The first-order valence-corrected chi connectivity index (χ1v) is 8.83. The van der Waals surface area contributed by atoms with Crippen LogP contribution in [0.4, 0.5) is 0 Å². The second-order valence-corrected chi connectivity index (χ2v) is 7.53. The van der Waals surface area contributed by atoms with Crippen molar-refractivity contribution in [3.8, 4) is 0 Å². The molecule has 21 heavy (non-hydrogen) atoms. The minimum atomic E-state index is -3.37. The average Bonchev–Trinajstić information content (AvgIpc) is 2.88. The molecule has 6 heteroatoms. The van der Waals surface area contributed by atoms with Gasteiger partial charge in [0.15, 0.2) is 0 Å². The average molecular weight is 311 g/mol. The Balaban J connectivity index is 2.08. The summed E-state index contributed by atoms with van der Waals surface area (Å²) in [5.41, 5.74) is 0.641. The van der Waals surface area contributed by atoms with Gasteiger partial charge in [0.25, 0.3) is 0 Å². The summed E-state index contributed by atoms with van der Waals surface area (Å²) in [7, 11) is -3.37.